The zero-order valence-corrected chi connectivity index (χ0v) is 14.8. The molecule has 20 heavy (non-hydrogen) atoms. The molecule has 0 spiro atoms. The van der Waals surface area contributed by atoms with Crippen LogP contribution >= 0.6 is 31.9 Å². The SMILES string of the molecule is COc1ccc(C(Br)c2cc(Br)c(C)cc2OC)cc1. The fourth-order valence-electron chi connectivity index (χ4n) is 2.00. The molecule has 0 saturated carbocycles. The number of hydrogen-bond donors (Lipinski definition) is 0. The van der Waals surface area contributed by atoms with E-state index in [1.165, 1.54) is 0 Å². The highest BCUT2D eigenvalue weighted by molar-refractivity contribution is 9.10. The Morgan fingerprint density at radius 2 is 1.65 bits per heavy atom. The number of rotatable bonds is 4. The van der Waals surface area contributed by atoms with Crippen LogP contribution in [-0.4, -0.2) is 14.2 Å². The molecule has 2 rings (SSSR count). The summed E-state index contributed by atoms with van der Waals surface area (Å²) in [6, 6.07) is 12.1. The Labute approximate surface area is 136 Å². The van der Waals surface area contributed by atoms with Gasteiger partial charge in [0.25, 0.3) is 0 Å². The number of aryl methyl sites for hydroxylation is 1. The van der Waals surface area contributed by atoms with Crippen molar-refractivity contribution in [2.45, 2.75) is 11.8 Å². The van der Waals surface area contributed by atoms with E-state index in [1.807, 2.05) is 37.3 Å². The lowest BCUT2D eigenvalue weighted by atomic mass is 10.0. The van der Waals surface area contributed by atoms with E-state index < -0.39 is 0 Å². The van der Waals surface area contributed by atoms with E-state index in [-0.39, 0.29) is 4.83 Å². The lowest BCUT2D eigenvalue weighted by molar-refractivity contribution is 0.410. The van der Waals surface area contributed by atoms with Crippen LogP contribution in [0.2, 0.25) is 0 Å². The predicted octanol–water partition coefficient (Wildman–Crippen LogP) is 5.26. The van der Waals surface area contributed by atoms with Crippen LogP contribution in [-0.2, 0) is 0 Å². The zero-order valence-electron chi connectivity index (χ0n) is 11.6. The number of benzene rings is 2. The van der Waals surface area contributed by atoms with Gasteiger partial charge in [-0.1, -0.05) is 44.0 Å². The Morgan fingerprint density at radius 3 is 2.20 bits per heavy atom. The Balaban J connectivity index is 2.41. The van der Waals surface area contributed by atoms with Gasteiger partial charge in [0.15, 0.2) is 0 Å². The van der Waals surface area contributed by atoms with Gasteiger partial charge in [-0.2, -0.15) is 0 Å². The first-order chi connectivity index (χ1) is 9.56. The van der Waals surface area contributed by atoms with Crippen LogP contribution in [0.4, 0.5) is 0 Å². The van der Waals surface area contributed by atoms with Gasteiger partial charge in [-0.25, -0.2) is 0 Å². The number of halogens is 2. The van der Waals surface area contributed by atoms with Gasteiger partial charge in [-0.05, 0) is 42.3 Å². The van der Waals surface area contributed by atoms with E-state index in [0.717, 1.165) is 32.7 Å². The Bertz CT molecular complexity index is 594. The summed E-state index contributed by atoms with van der Waals surface area (Å²) < 4.78 is 11.8. The summed E-state index contributed by atoms with van der Waals surface area (Å²) in [6.07, 6.45) is 0. The second-order valence-electron chi connectivity index (χ2n) is 4.48. The van der Waals surface area contributed by atoms with Gasteiger partial charge in [0.05, 0.1) is 19.0 Å². The molecule has 0 aliphatic rings. The minimum atomic E-state index is 0.0697. The Morgan fingerprint density at radius 1 is 1.00 bits per heavy atom. The molecule has 0 heterocycles. The summed E-state index contributed by atoms with van der Waals surface area (Å²) in [6.45, 7) is 2.05. The fraction of sp³-hybridized carbons (Fsp3) is 0.250. The topological polar surface area (TPSA) is 18.5 Å². The van der Waals surface area contributed by atoms with Crippen molar-refractivity contribution in [2.24, 2.45) is 0 Å². The zero-order chi connectivity index (χ0) is 14.7. The molecule has 0 bridgehead atoms. The van der Waals surface area contributed by atoms with Crippen molar-refractivity contribution >= 4 is 31.9 Å². The van der Waals surface area contributed by atoms with Crippen LogP contribution in [0.25, 0.3) is 0 Å². The van der Waals surface area contributed by atoms with Crippen LogP contribution in [0.15, 0.2) is 40.9 Å². The molecule has 0 fully saturated rings. The summed E-state index contributed by atoms with van der Waals surface area (Å²) in [5.41, 5.74) is 3.40. The van der Waals surface area contributed by atoms with Gasteiger partial charge in [0, 0.05) is 10.0 Å². The van der Waals surface area contributed by atoms with Gasteiger partial charge in [0.2, 0.25) is 0 Å². The fourth-order valence-corrected chi connectivity index (χ4v) is 3.02. The molecule has 0 N–H and O–H groups in total. The van der Waals surface area contributed by atoms with Gasteiger partial charge < -0.3 is 9.47 Å². The van der Waals surface area contributed by atoms with Gasteiger partial charge in [-0.3, -0.25) is 0 Å². The summed E-state index contributed by atoms with van der Waals surface area (Å²) in [5.74, 6) is 1.73. The third-order valence-electron chi connectivity index (χ3n) is 3.19. The molecule has 0 radical (unpaired) electrons. The normalized spacial score (nSPS) is 12.1. The first kappa shape index (κ1) is 15.4. The second kappa shape index (κ2) is 6.64. The molecule has 0 aliphatic heterocycles. The molecular formula is C16H16Br2O2. The van der Waals surface area contributed by atoms with Gasteiger partial charge >= 0.3 is 0 Å². The predicted molar refractivity (Wildman–Crippen MR) is 89.2 cm³/mol. The molecule has 2 nitrogen and oxygen atoms in total. The second-order valence-corrected chi connectivity index (χ2v) is 6.25. The maximum absolute atomic E-state index is 5.49. The largest absolute Gasteiger partial charge is 0.497 e. The van der Waals surface area contributed by atoms with Crippen LogP contribution in [0.1, 0.15) is 21.5 Å². The molecule has 106 valence electrons. The highest BCUT2D eigenvalue weighted by Crippen LogP contribution is 2.39. The first-order valence-electron chi connectivity index (χ1n) is 6.19. The molecule has 0 aromatic heterocycles. The van der Waals surface area contributed by atoms with Crippen molar-refractivity contribution in [3.05, 3.63) is 57.6 Å². The molecule has 2 aromatic carbocycles. The van der Waals surface area contributed by atoms with E-state index in [4.69, 9.17) is 9.47 Å². The molecule has 0 aliphatic carbocycles. The van der Waals surface area contributed by atoms with E-state index in [2.05, 4.69) is 37.9 Å². The Hall–Kier alpha value is -1.00. The van der Waals surface area contributed by atoms with Crippen LogP contribution in [0, 0.1) is 6.92 Å². The highest BCUT2D eigenvalue weighted by Gasteiger charge is 2.17. The third-order valence-corrected chi connectivity index (χ3v) is 5.07. The van der Waals surface area contributed by atoms with Crippen LogP contribution < -0.4 is 9.47 Å². The molecule has 0 saturated heterocycles. The van der Waals surface area contributed by atoms with E-state index in [9.17, 15) is 0 Å². The Kier molecular flexibility index (Phi) is 5.11. The number of hydrogen-bond acceptors (Lipinski definition) is 2. The van der Waals surface area contributed by atoms with Crippen molar-refractivity contribution in [1.82, 2.24) is 0 Å². The quantitative estimate of drug-likeness (QED) is 0.653. The molecule has 4 heteroatoms. The summed E-state index contributed by atoms with van der Waals surface area (Å²) in [7, 11) is 3.36. The third kappa shape index (κ3) is 3.18. The maximum atomic E-state index is 5.49. The number of alkyl halides is 1. The standard InChI is InChI=1S/C16H16Br2O2/c1-10-8-15(20-3)13(9-14(10)17)16(18)11-4-6-12(19-2)7-5-11/h4-9,16H,1-3H3. The minimum Gasteiger partial charge on any atom is -0.497 e. The molecule has 0 amide bonds. The van der Waals surface area contributed by atoms with Crippen molar-refractivity contribution in [2.75, 3.05) is 14.2 Å². The van der Waals surface area contributed by atoms with Crippen LogP contribution in [0.5, 0.6) is 11.5 Å². The van der Waals surface area contributed by atoms with Crippen molar-refractivity contribution in [3.63, 3.8) is 0 Å². The lowest BCUT2D eigenvalue weighted by Gasteiger charge is -2.16. The molecule has 1 atom stereocenters. The van der Waals surface area contributed by atoms with E-state index in [0.29, 0.717) is 0 Å². The summed E-state index contributed by atoms with van der Waals surface area (Å²) in [5, 5.41) is 0. The lowest BCUT2D eigenvalue weighted by Crippen LogP contribution is -1.98. The number of methoxy groups -OCH3 is 2. The van der Waals surface area contributed by atoms with E-state index in [1.54, 1.807) is 14.2 Å². The average molecular weight is 400 g/mol. The molecular weight excluding hydrogens is 384 g/mol. The van der Waals surface area contributed by atoms with Crippen molar-refractivity contribution in [1.29, 1.82) is 0 Å². The monoisotopic (exact) mass is 398 g/mol. The minimum absolute atomic E-state index is 0.0697. The van der Waals surface area contributed by atoms with Gasteiger partial charge in [0.1, 0.15) is 11.5 Å². The summed E-state index contributed by atoms with van der Waals surface area (Å²) >= 11 is 7.33. The van der Waals surface area contributed by atoms with Crippen LogP contribution in [0.3, 0.4) is 0 Å². The summed E-state index contributed by atoms with van der Waals surface area (Å²) in [4.78, 5) is 0.0697. The van der Waals surface area contributed by atoms with E-state index >= 15 is 0 Å². The van der Waals surface area contributed by atoms with Gasteiger partial charge in [-0.15, -0.1) is 0 Å². The highest BCUT2D eigenvalue weighted by atomic mass is 79.9. The smallest absolute Gasteiger partial charge is 0.123 e. The van der Waals surface area contributed by atoms with Crippen molar-refractivity contribution in [3.8, 4) is 11.5 Å². The first-order valence-corrected chi connectivity index (χ1v) is 7.89. The molecule has 2 aromatic rings. The average Bonchev–Trinajstić information content (AvgIpc) is 2.49. The van der Waals surface area contributed by atoms with Crippen molar-refractivity contribution < 1.29 is 9.47 Å². The molecule has 1 unspecified atom stereocenters. The number of ether oxygens (including phenoxy) is 2. The maximum Gasteiger partial charge on any atom is 0.123 e.